The molecule has 0 aromatic rings. The van der Waals surface area contributed by atoms with Gasteiger partial charge in [-0.3, -0.25) is 0 Å². The van der Waals surface area contributed by atoms with E-state index in [0.29, 0.717) is 6.04 Å². The fraction of sp³-hybridized carbons (Fsp3) is 1.00. The molecular weight excluding hydrogens is 158 g/mol. The van der Waals surface area contributed by atoms with Crippen LogP contribution < -0.4 is 5.73 Å². The summed E-state index contributed by atoms with van der Waals surface area (Å²) < 4.78 is 0. The Kier molecular flexibility index (Phi) is 4.91. The number of nitrogens with two attached hydrogens (primary N) is 1. The zero-order chi connectivity index (χ0) is 8.91. The first-order valence-electron chi connectivity index (χ1n) is 4.25. The molecule has 0 aliphatic carbocycles. The molecule has 0 bridgehead atoms. The van der Waals surface area contributed by atoms with E-state index < -0.39 is 8.56 Å². The second-order valence-corrected chi connectivity index (χ2v) is 6.02. The summed E-state index contributed by atoms with van der Waals surface area (Å²) in [5.74, 6) is 0. The molecule has 0 aromatic heterocycles. The lowest BCUT2D eigenvalue weighted by atomic mass is 10.3. The Labute approximate surface area is 69.5 Å². The van der Waals surface area contributed by atoms with E-state index in [-0.39, 0.29) is 5.67 Å². The second-order valence-electron chi connectivity index (χ2n) is 3.02. The predicted octanol–water partition coefficient (Wildman–Crippen LogP) is 0.490. The molecule has 4 heteroatoms. The van der Waals surface area contributed by atoms with Gasteiger partial charge in [0.05, 0.1) is 0 Å². The molecule has 0 saturated carbocycles. The summed E-state index contributed by atoms with van der Waals surface area (Å²) in [6.07, 6.45) is 2.44. The number of rotatable bonds is 5. The summed E-state index contributed by atoms with van der Waals surface area (Å²) in [7, 11) is -3.05. The van der Waals surface area contributed by atoms with Crippen molar-refractivity contribution in [1.82, 2.24) is 0 Å². The Morgan fingerprint density at radius 3 is 2.18 bits per heavy atom. The van der Waals surface area contributed by atoms with Crippen molar-refractivity contribution in [1.29, 1.82) is 0 Å². The van der Waals surface area contributed by atoms with Crippen LogP contribution in [0.1, 0.15) is 33.1 Å². The van der Waals surface area contributed by atoms with Crippen LogP contribution in [0, 0.1) is 0 Å². The van der Waals surface area contributed by atoms with Gasteiger partial charge in [-0.25, -0.2) is 0 Å². The zero-order valence-electron chi connectivity index (χ0n) is 7.38. The molecule has 1 unspecified atom stereocenters. The first-order valence-corrected chi connectivity index (χ1v) is 6.42. The molecule has 0 saturated heterocycles. The molecule has 0 aliphatic rings. The van der Waals surface area contributed by atoms with E-state index in [9.17, 15) is 9.59 Å². The summed E-state index contributed by atoms with van der Waals surface area (Å²) in [5, 5.41) is 0. The quantitative estimate of drug-likeness (QED) is 0.535. The minimum atomic E-state index is -3.05. The fourth-order valence-corrected chi connectivity index (χ4v) is 2.95. The topological polar surface area (TPSA) is 66.5 Å². The molecule has 0 spiro atoms. The minimum Gasteiger partial charge on any atom is -0.410 e. The summed E-state index contributed by atoms with van der Waals surface area (Å²) in [4.78, 5) is 19.0. The molecule has 0 rings (SSSR count). The second kappa shape index (κ2) is 4.87. The maximum Gasteiger partial charge on any atom is 0.350 e. The average Bonchev–Trinajstić information content (AvgIpc) is 1.88. The van der Waals surface area contributed by atoms with Gasteiger partial charge >= 0.3 is 8.56 Å². The molecule has 0 heterocycles. The fourth-order valence-electron chi connectivity index (χ4n) is 1.10. The van der Waals surface area contributed by atoms with Gasteiger partial charge in [0, 0.05) is 5.67 Å². The van der Waals surface area contributed by atoms with Crippen LogP contribution in [0.5, 0.6) is 0 Å². The van der Waals surface area contributed by atoms with Gasteiger partial charge in [0.15, 0.2) is 0 Å². The predicted molar refractivity (Wildman–Crippen MR) is 48.2 cm³/mol. The Morgan fingerprint density at radius 2 is 1.82 bits per heavy atom. The van der Waals surface area contributed by atoms with Crippen molar-refractivity contribution in [3.05, 3.63) is 0 Å². The molecule has 68 valence electrons. The first-order chi connectivity index (χ1) is 5.04. The van der Waals surface area contributed by atoms with Crippen molar-refractivity contribution in [2.45, 2.75) is 44.8 Å². The van der Waals surface area contributed by atoms with Gasteiger partial charge in [0.25, 0.3) is 0 Å². The smallest absolute Gasteiger partial charge is 0.350 e. The van der Waals surface area contributed by atoms with Gasteiger partial charge in [0.2, 0.25) is 0 Å². The molecular formula is C7H19NO2Si. The molecule has 0 fully saturated rings. The van der Waals surface area contributed by atoms with Crippen LogP contribution in [0.25, 0.3) is 0 Å². The van der Waals surface area contributed by atoms with Crippen LogP contribution >= 0.6 is 0 Å². The number of hydrogen-bond donors (Lipinski definition) is 3. The normalized spacial score (nSPS) is 15.0. The Balaban J connectivity index is 3.83. The van der Waals surface area contributed by atoms with Gasteiger partial charge in [-0.1, -0.05) is 26.7 Å². The SMILES string of the molecule is CCCC(N)[Si](O)(O)CCC. The largest absolute Gasteiger partial charge is 0.410 e. The molecule has 11 heavy (non-hydrogen) atoms. The summed E-state index contributed by atoms with van der Waals surface area (Å²) in [5.41, 5.74) is 5.24. The molecule has 0 aliphatic heterocycles. The highest BCUT2D eigenvalue weighted by Crippen LogP contribution is 2.11. The standard InChI is InChI=1S/C7H19NO2Si/c1-3-5-7(8)11(9,10)6-4-2/h7,9-10H,3-6,8H2,1-2H3. The third-order valence-corrected chi connectivity index (χ3v) is 4.52. The molecule has 1 atom stereocenters. The van der Waals surface area contributed by atoms with E-state index in [4.69, 9.17) is 5.73 Å². The van der Waals surface area contributed by atoms with Crippen LogP contribution in [0.4, 0.5) is 0 Å². The monoisotopic (exact) mass is 177 g/mol. The van der Waals surface area contributed by atoms with E-state index in [2.05, 4.69) is 0 Å². The minimum absolute atomic E-state index is 0.368. The van der Waals surface area contributed by atoms with Crippen LogP contribution in [0.2, 0.25) is 6.04 Å². The van der Waals surface area contributed by atoms with Crippen LogP contribution in [0.3, 0.4) is 0 Å². The van der Waals surface area contributed by atoms with Crippen molar-refractivity contribution in [2.24, 2.45) is 5.73 Å². The van der Waals surface area contributed by atoms with Gasteiger partial charge in [0.1, 0.15) is 0 Å². The summed E-state index contributed by atoms with van der Waals surface area (Å²) in [6.45, 7) is 3.93. The van der Waals surface area contributed by atoms with Crippen LogP contribution in [0.15, 0.2) is 0 Å². The van der Waals surface area contributed by atoms with E-state index >= 15 is 0 Å². The number of hydrogen-bond acceptors (Lipinski definition) is 3. The van der Waals surface area contributed by atoms with E-state index in [0.717, 1.165) is 19.3 Å². The lowest BCUT2D eigenvalue weighted by Crippen LogP contribution is -2.53. The van der Waals surface area contributed by atoms with Crippen molar-refractivity contribution in [3.63, 3.8) is 0 Å². The van der Waals surface area contributed by atoms with E-state index in [1.54, 1.807) is 0 Å². The average molecular weight is 177 g/mol. The lowest BCUT2D eigenvalue weighted by Gasteiger charge is -2.23. The third kappa shape index (κ3) is 3.86. The summed E-state index contributed by atoms with van der Waals surface area (Å²) in [6, 6.07) is 0.494. The van der Waals surface area contributed by atoms with Crippen molar-refractivity contribution in [2.75, 3.05) is 0 Å². The van der Waals surface area contributed by atoms with Gasteiger partial charge in [-0.2, -0.15) is 0 Å². The van der Waals surface area contributed by atoms with E-state index in [1.807, 2.05) is 13.8 Å². The highest BCUT2D eigenvalue weighted by Gasteiger charge is 2.35. The van der Waals surface area contributed by atoms with Crippen LogP contribution in [-0.2, 0) is 0 Å². The molecule has 0 radical (unpaired) electrons. The Morgan fingerprint density at radius 1 is 1.27 bits per heavy atom. The molecule has 3 nitrogen and oxygen atoms in total. The van der Waals surface area contributed by atoms with E-state index in [1.165, 1.54) is 0 Å². The molecule has 0 amide bonds. The van der Waals surface area contributed by atoms with Crippen molar-refractivity contribution >= 4 is 8.56 Å². The Hall–Kier alpha value is 0.0969. The first kappa shape index (κ1) is 11.1. The molecule has 4 N–H and O–H groups in total. The van der Waals surface area contributed by atoms with Gasteiger partial charge in [-0.05, 0) is 12.5 Å². The zero-order valence-corrected chi connectivity index (χ0v) is 8.38. The third-order valence-electron chi connectivity index (χ3n) is 1.81. The van der Waals surface area contributed by atoms with Crippen LogP contribution in [-0.4, -0.2) is 23.8 Å². The van der Waals surface area contributed by atoms with Crippen molar-refractivity contribution in [3.8, 4) is 0 Å². The highest BCUT2D eigenvalue weighted by atomic mass is 28.4. The van der Waals surface area contributed by atoms with Gasteiger partial charge < -0.3 is 15.3 Å². The summed E-state index contributed by atoms with van der Waals surface area (Å²) >= 11 is 0. The van der Waals surface area contributed by atoms with Crippen molar-refractivity contribution < 1.29 is 9.59 Å². The molecule has 0 aromatic carbocycles. The lowest BCUT2D eigenvalue weighted by molar-refractivity contribution is 0.333. The van der Waals surface area contributed by atoms with Gasteiger partial charge in [-0.15, -0.1) is 0 Å². The maximum absolute atomic E-state index is 9.48. The maximum atomic E-state index is 9.48. The Bertz CT molecular complexity index is 109. The highest BCUT2D eigenvalue weighted by molar-refractivity contribution is 6.66.